The Labute approximate surface area is 192 Å². The van der Waals surface area contributed by atoms with Crippen molar-refractivity contribution in [2.24, 2.45) is 0 Å². The molecular formula is C22H27FN4O5S. The van der Waals surface area contributed by atoms with Crippen LogP contribution in [0.1, 0.15) is 23.2 Å². The van der Waals surface area contributed by atoms with Gasteiger partial charge in [0.25, 0.3) is 5.91 Å². The second kappa shape index (κ2) is 10.7. The summed E-state index contributed by atoms with van der Waals surface area (Å²) in [6, 6.07) is 11.6. The van der Waals surface area contributed by atoms with E-state index in [1.807, 2.05) is 0 Å². The highest BCUT2D eigenvalue weighted by Gasteiger charge is 2.29. The molecule has 2 aromatic carbocycles. The van der Waals surface area contributed by atoms with Gasteiger partial charge in [-0.25, -0.2) is 8.70 Å². The van der Waals surface area contributed by atoms with Gasteiger partial charge in [0.2, 0.25) is 5.91 Å². The van der Waals surface area contributed by atoms with Gasteiger partial charge >= 0.3 is 10.2 Å². The lowest BCUT2D eigenvalue weighted by Gasteiger charge is -2.27. The maximum Gasteiger partial charge on any atom is 0.304 e. The van der Waals surface area contributed by atoms with Crippen molar-refractivity contribution in [3.05, 3.63) is 59.9 Å². The standard InChI is InChI=1S/C22H27FN4O5S/c1-26(2)33(30,31)27(20-12-6-4-10-18(20)23)15-21(28)25-19-11-5-3-9-17(19)22(29)24-14-16-8-7-13-32-16/h3-6,9-12,16H,7-8,13-15H2,1-2H3,(H,24,29)(H,25,28)/t16-/m1/s1. The fourth-order valence-corrected chi connectivity index (χ4v) is 4.43. The number of halogens is 1. The van der Waals surface area contributed by atoms with Crippen molar-refractivity contribution in [2.45, 2.75) is 18.9 Å². The van der Waals surface area contributed by atoms with Gasteiger partial charge in [0.15, 0.2) is 0 Å². The van der Waals surface area contributed by atoms with E-state index in [9.17, 15) is 22.4 Å². The molecule has 1 atom stereocenters. The summed E-state index contributed by atoms with van der Waals surface area (Å²) in [5.74, 6) is -1.92. The highest BCUT2D eigenvalue weighted by atomic mass is 32.2. The van der Waals surface area contributed by atoms with Crippen LogP contribution in [0, 0.1) is 5.82 Å². The Morgan fingerprint density at radius 2 is 1.82 bits per heavy atom. The van der Waals surface area contributed by atoms with Crippen molar-refractivity contribution in [2.75, 3.05) is 43.4 Å². The maximum absolute atomic E-state index is 14.4. The number of para-hydroxylation sites is 2. The molecule has 9 nitrogen and oxygen atoms in total. The van der Waals surface area contributed by atoms with Crippen molar-refractivity contribution < 1.29 is 27.1 Å². The van der Waals surface area contributed by atoms with Crippen molar-refractivity contribution in [1.29, 1.82) is 0 Å². The van der Waals surface area contributed by atoms with Crippen molar-refractivity contribution in [3.8, 4) is 0 Å². The second-order valence-electron chi connectivity index (χ2n) is 7.69. The van der Waals surface area contributed by atoms with Gasteiger partial charge in [-0.1, -0.05) is 24.3 Å². The first-order valence-electron chi connectivity index (χ1n) is 10.4. The Bertz CT molecular complexity index is 1100. The van der Waals surface area contributed by atoms with E-state index >= 15 is 0 Å². The molecular weight excluding hydrogens is 451 g/mol. The fraction of sp³-hybridized carbons (Fsp3) is 0.364. The molecule has 11 heteroatoms. The van der Waals surface area contributed by atoms with Crippen LogP contribution in [-0.4, -0.2) is 64.4 Å². The summed E-state index contributed by atoms with van der Waals surface area (Å²) in [5.41, 5.74) is 0.170. The van der Waals surface area contributed by atoms with E-state index in [2.05, 4.69) is 10.6 Å². The van der Waals surface area contributed by atoms with Crippen LogP contribution in [0.3, 0.4) is 0 Å². The number of benzene rings is 2. The van der Waals surface area contributed by atoms with Gasteiger partial charge in [-0.3, -0.25) is 9.59 Å². The first-order chi connectivity index (χ1) is 15.7. The molecule has 33 heavy (non-hydrogen) atoms. The van der Waals surface area contributed by atoms with Gasteiger partial charge in [-0.05, 0) is 37.1 Å². The van der Waals surface area contributed by atoms with Gasteiger partial charge < -0.3 is 15.4 Å². The Hall–Kier alpha value is -3.02. The normalized spacial score (nSPS) is 15.9. The van der Waals surface area contributed by atoms with Crippen LogP contribution in [0.25, 0.3) is 0 Å². The van der Waals surface area contributed by atoms with Crippen molar-refractivity contribution in [1.82, 2.24) is 9.62 Å². The fourth-order valence-electron chi connectivity index (χ4n) is 3.36. The first-order valence-corrected chi connectivity index (χ1v) is 11.8. The molecule has 2 amide bonds. The van der Waals surface area contributed by atoms with Crippen LogP contribution in [0.4, 0.5) is 15.8 Å². The van der Waals surface area contributed by atoms with Crippen LogP contribution in [0.2, 0.25) is 0 Å². The van der Waals surface area contributed by atoms with E-state index in [1.165, 1.54) is 38.4 Å². The van der Waals surface area contributed by atoms with Crippen LogP contribution < -0.4 is 14.9 Å². The molecule has 1 aliphatic rings. The first kappa shape index (κ1) is 24.6. The minimum atomic E-state index is -4.17. The minimum absolute atomic E-state index is 0.0405. The summed E-state index contributed by atoms with van der Waals surface area (Å²) < 4.78 is 47.0. The van der Waals surface area contributed by atoms with Gasteiger partial charge in [0.1, 0.15) is 12.4 Å². The van der Waals surface area contributed by atoms with Crippen molar-refractivity contribution >= 4 is 33.4 Å². The molecule has 0 aliphatic carbocycles. The SMILES string of the molecule is CN(C)S(=O)(=O)N(CC(=O)Nc1ccccc1C(=O)NC[C@H]1CCCO1)c1ccccc1F. The number of nitrogens with one attached hydrogen (secondary N) is 2. The molecule has 2 aromatic rings. The molecule has 0 spiro atoms. The monoisotopic (exact) mass is 478 g/mol. The van der Waals surface area contributed by atoms with Crippen LogP contribution >= 0.6 is 0 Å². The molecule has 0 bridgehead atoms. The number of carbonyl (C=O) groups is 2. The molecule has 2 N–H and O–H groups in total. The number of amides is 2. The molecule has 0 unspecified atom stereocenters. The topological polar surface area (TPSA) is 108 Å². The Morgan fingerprint density at radius 1 is 1.12 bits per heavy atom. The van der Waals surface area contributed by atoms with Crippen LogP contribution in [-0.2, 0) is 19.7 Å². The second-order valence-corrected chi connectivity index (χ2v) is 9.75. The Kier molecular flexibility index (Phi) is 8.01. The third kappa shape index (κ3) is 6.06. The molecule has 3 rings (SSSR count). The molecule has 1 saturated heterocycles. The van der Waals surface area contributed by atoms with Crippen LogP contribution in [0.5, 0.6) is 0 Å². The highest BCUT2D eigenvalue weighted by Crippen LogP contribution is 2.23. The molecule has 1 aliphatic heterocycles. The largest absolute Gasteiger partial charge is 0.376 e. The third-order valence-electron chi connectivity index (χ3n) is 5.11. The van der Waals surface area contributed by atoms with Crippen LogP contribution in [0.15, 0.2) is 48.5 Å². The van der Waals surface area contributed by atoms with Gasteiger partial charge in [-0.2, -0.15) is 12.7 Å². The molecule has 0 saturated carbocycles. The zero-order chi connectivity index (χ0) is 24.0. The molecule has 0 radical (unpaired) electrons. The number of rotatable bonds is 9. The van der Waals surface area contributed by atoms with Crippen molar-refractivity contribution in [3.63, 3.8) is 0 Å². The van der Waals surface area contributed by atoms with E-state index in [0.29, 0.717) is 17.5 Å². The summed E-state index contributed by atoms with van der Waals surface area (Å²) in [5, 5.41) is 5.36. The third-order valence-corrected chi connectivity index (χ3v) is 6.91. The zero-order valence-corrected chi connectivity index (χ0v) is 19.3. The number of anilines is 2. The average Bonchev–Trinajstić information content (AvgIpc) is 3.30. The summed E-state index contributed by atoms with van der Waals surface area (Å²) >= 11 is 0. The van der Waals surface area contributed by atoms with Gasteiger partial charge in [-0.15, -0.1) is 0 Å². The molecule has 0 aromatic heterocycles. The van der Waals surface area contributed by atoms with E-state index in [0.717, 1.165) is 23.2 Å². The lowest BCUT2D eigenvalue weighted by atomic mass is 10.1. The van der Waals surface area contributed by atoms with Gasteiger partial charge in [0.05, 0.1) is 23.0 Å². The lowest BCUT2D eigenvalue weighted by molar-refractivity contribution is -0.114. The number of nitrogens with zero attached hydrogens (tertiary/aromatic N) is 2. The Morgan fingerprint density at radius 3 is 2.48 bits per heavy atom. The lowest BCUT2D eigenvalue weighted by Crippen LogP contribution is -2.44. The van der Waals surface area contributed by atoms with E-state index < -0.39 is 34.4 Å². The Balaban J connectivity index is 1.77. The molecule has 1 fully saturated rings. The van der Waals surface area contributed by atoms with E-state index in [1.54, 1.807) is 18.2 Å². The smallest absolute Gasteiger partial charge is 0.304 e. The predicted octanol–water partition coefficient (Wildman–Crippen LogP) is 1.99. The highest BCUT2D eigenvalue weighted by molar-refractivity contribution is 7.90. The minimum Gasteiger partial charge on any atom is -0.376 e. The maximum atomic E-state index is 14.4. The van der Waals surface area contributed by atoms with E-state index in [4.69, 9.17) is 4.74 Å². The van der Waals surface area contributed by atoms with Gasteiger partial charge in [0, 0.05) is 27.2 Å². The summed E-state index contributed by atoms with van der Waals surface area (Å²) in [7, 11) is -1.60. The summed E-state index contributed by atoms with van der Waals surface area (Å²) in [6.07, 6.45) is 1.77. The number of ether oxygens (including phenoxy) is 1. The number of hydrogen-bond acceptors (Lipinski definition) is 5. The molecule has 1 heterocycles. The summed E-state index contributed by atoms with van der Waals surface area (Å²) in [4.78, 5) is 25.5. The predicted molar refractivity (Wildman–Crippen MR) is 123 cm³/mol. The number of carbonyl (C=O) groups excluding carboxylic acids is 2. The quantitative estimate of drug-likeness (QED) is 0.573. The zero-order valence-electron chi connectivity index (χ0n) is 18.5. The average molecular weight is 479 g/mol. The van der Waals surface area contributed by atoms with E-state index in [-0.39, 0.29) is 23.0 Å². The summed E-state index contributed by atoms with van der Waals surface area (Å²) in [6.45, 7) is 0.331. The molecule has 178 valence electrons. The number of hydrogen-bond donors (Lipinski definition) is 2.